The Bertz CT molecular complexity index is 445. The molecule has 0 fully saturated rings. The molecule has 1 aromatic heterocycles. The van der Waals surface area contributed by atoms with Crippen LogP contribution in [0.1, 0.15) is 25.5 Å². The molecule has 0 saturated heterocycles. The third kappa shape index (κ3) is 3.34. The van der Waals surface area contributed by atoms with E-state index in [4.69, 9.17) is 9.52 Å². The van der Waals surface area contributed by atoms with Crippen LogP contribution in [0.25, 0.3) is 11.0 Å². The van der Waals surface area contributed by atoms with E-state index in [2.05, 4.69) is 24.4 Å². The third-order valence-corrected chi connectivity index (χ3v) is 3.32. The molecule has 0 aliphatic rings. The molecule has 1 unspecified atom stereocenters. The van der Waals surface area contributed by atoms with Crippen molar-refractivity contribution in [3.8, 4) is 0 Å². The van der Waals surface area contributed by atoms with Crippen LogP contribution in [0.4, 0.5) is 0 Å². The van der Waals surface area contributed by atoms with Gasteiger partial charge in [-0.05, 0) is 31.0 Å². The van der Waals surface area contributed by atoms with Crippen LogP contribution < -0.4 is 5.32 Å². The van der Waals surface area contributed by atoms with Crippen molar-refractivity contribution >= 4 is 11.0 Å². The Labute approximate surface area is 108 Å². The van der Waals surface area contributed by atoms with E-state index in [0.717, 1.165) is 42.7 Å². The largest absolute Gasteiger partial charge is 0.460 e. The number of furan rings is 1. The minimum Gasteiger partial charge on any atom is -0.460 e. The molecule has 1 heterocycles. The lowest BCUT2D eigenvalue weighted by molar-refractivity contribution is 0.250. The van der Waals surface area contributed by atoms with Crippen LogP contribution in [-0.4, -0.2) is 18.3 Å². The fourth-order valence-corrected chi connectivity index (χ4v) is 2.16. The van der Waals surface area contributed by atoms with E-state index in [1.807, 2.05) is 18.2 Å². The first-order valence-corrected chi connectivity index (χ1v) is 6.62. The molecule has 1 aromatic carbocycles. The van der Waals surface area contributed by atoms with Crippen molar-refractivity contribution in [3.63, 3.8) is 0 Å². The fourth-order valence-electron chi connectivity index (χ4n) is 2.16. The second kappa shape index (κ2) is 6.57. The third-order valence-electron chi connectivity index (χ3n) is 3.32. The van der Waals surface area contributed by atoms with Gasteiger partial charge in [-0.2, -0.15) is 0 Å². The molecule has 2 aromatic rings. The van der Waals surface area contributed by atoms with Gasteiger partial charge in [-0.15, -0.1) is 0 Å². The Kier molecular flexibility index (Phi) is 4.79. The van der Waals surface area contributed by atoms with Gasteiger partial charge in [0.2, 0.25) is 0 Å². The number of benzene rings is 1. The first kappa shape index (κ1) is 13.1. The summed E-state index contributed by atoms with van der Waals surface area (Å²) in [4.78, 5) is 0. The second-order valence-electron chi connectivity index (χ2n) is 4.67. The van der Waals surface area contributed by atoms with E-state index in [1.54, 1.807) is 0 Å². The maximum atomic E-state index is 8.93. The Morgan fingerprint density at radius 1 is 1.33 bits per heavy atom. The molecule has 1 atom stereocenters. The van der Waals surface area contributed by atoms with Crippen LogP contribution >= 0.6 is 0 Å². The van der Waals surface area contributed by atoms with Crippen molar-refractivity contribution < 1.29 is 9.52 Å². The molecule has 0 radical (unpaired) electrons. The van der Waals surface area contributed by atoms with Crippen molar-refractivity contribution in [2.24, 2.45) is 5.92 Å². The lowest BCUT2D eigenvalue weighted by atomic mass is 10.0. The molecule has 2 rings (SSSR count). The van der Waals surface area contributed by atoms with Gasteiger partial charge < -0.3 is 14.8 Å². The summed E-state index contributed by atoms with van der Waals surface area (Å²) in [6, 6.07) is 10.1. The number of fused-ring (bicyclic) bond motifs is 1. The maximum absolute atomic E-state index is 8.93. The Balaban J connectivity index is 1.86. The summed E-state index contributed by atoms with van der Waals surface area (Å²) < 4.78 is 5.73. The van der Waals surface area contributed by atoms with E-state index in [1.165, 1.54) is 0 Å². The zero-order valence-electron chi connectivity index (χ0n) is 10.9. The lowest BCUT2D eigenvalue weighted by Gasteiger charge is -2.13. The predicted octanol–water partition coefficient (Wildman–Crippen LogP) is 2.93. The van der Waals surface area contributed by atoms with Gasteiger partial charge in [0.25, 0.3) is 0 Å². The van der Waals surface area contributed by atoms with Crippen molar-refractivity contribution in [3.05, 3.63) is 36.1 Å². The second-order valence-corrected chi connectivity index (χ2v) is 4.67. The molecular formula is C15H21NO2. The van der Waals surface area contributed by atoms with E-state index in [0.29, 0.717) is 5.92 Å². The number of aliphatic hydroxyl groups is 1. The topological polar surface area (TPSA) is 45.4 Å². The first-order valence-electron chi connectivity index (χ1n) is 6.62. The molecule has 18 heavy (non-hydrogen) atoms. The highest BCUT2D eigenvalue weighted by Crippen LogP contribution is 2.18. The molecule has 0 aliphatic heterocycles. The quantitative estimate of drug-likeness (QED) is 0.790. The van der Waals surface area contributed by atoms with E-state index in [9.17, 15) is 0 Å². The van der Waals surface area contributed by atoms with E-state index < -0.39 is 0 Å². The Hall–Kier alpha value is -1.32. The SMILES string of the molecule is CCC(CCO)CNCc1cc2ccccc2o1. The lowest BCUT2D eigenvalue weighted by Crippen LogP contribution is -2.22. The van der Waals surface area contributed by atoms with Gasteiger partial charge in [0, 0.05) is 12.0 Å². The van der Waals surface area contributed by atoms with Crippen molar-refractivity contribution in [1.29, 1.82) is 0 Å². The number of rotatable bonds is 7. The summed E-state index contributed by atoms with van der Waals surface area (Å²) in [6.45, 7) is 4.10. The molecule has 3 nitrogen and oxygen atoms in total. The normalized spacial score (nSPS) is 13.0. The summed E-state index contributed by atoms with van der Waals surface area (Å²) in [5.74, 6) is 1.51. The van der Waals surface area contributed by atoms with Gasteiger partial charge in [0.15, 0.2) is 0 Å². The number of hydrogen-bond acceptors (Lipinski definition) is 3. The van der Waals surface area contributed by atoms with Crippen LogP contribution in [0, 0.1) is 5.92 Å². The summed E-state index contributed by atoms with van der Waals surface area (Å²) >= 11 is 0. The van der Waals surface area contributed by atoms with Crippen LogP contribution in [0.3, 0.4) is 0 Å². The zero-order valence-corrected chi connectivity index (χ0v) is 10.9. The summed E-state index contributed by atoms with van der Waals surface area (Å²) in [6.07, 6.45) is 1.96. The number of hydrogen-bond donors (Lipinski definition) is 2. The first-order chi connectivity index (χ1) is 8.83. The predicted molar refractivity (Wildman–Crippen MR) is 73.4 cm³/mol. The summed E-state index contributed by atoms with van der Waals surface area (Å²) in [7, 11) is 0. The van der Waals surface area contributed by atoms with Crippen molar-refractivity contribution in [1.82, 2.24) is 5.32 Å². The molecule has 0 bridgehead atoms. The highest BCUT2D eigenvalue weighted by Gasteiger charge is 2.06. The maximum Gasteiger partial charge on any atom is 0.134 e. The molecule has 98 valence electrons. The molecular weight excluding hydrogens is 226 g/mol. The summed E-state index contributed by atoms with van der Waals surface area (Å²) in [5, 5.41) is 13.5. The number of aliphatic hydroxyl groups excluding tert-OH is 1. The Morgan fingerprint density at radius 3 is 2.89 bits per heavy atom. The molecule has 0 saturated carbocycles. The molecule has 0 aliphatic carbocycles. The minimum absolute atomic E-state index is 0.269. The van der Waals surface area contributed by atoms with Gasteiger partial charge in [0.1, 0.15) is 11.3 Å². The highest BCUT2D eigenvalue weighted by molar-refractivity contribution is 5.77. The molecule has 2 N–H and O–H groups in total. The smallest absolute Gasteiger partial charge is 0.134 e. The van der Waals surface area contributed by atoms with Crippen LogP contribution in [0.15, 0.2) is 34.7 Å². The number of nitrogens with one attached hydrogen (secondary N) is 1. The van der Waals surface area contributed by atoms with Crippen LogP contribution in [0.5, 0.6) is 0 Å². The van der Waals surface area contributed by atoms with Gasteiger partial charge in [-0.3, -0.25) is 0 Å². The van der Waals surface area contributed by atoms with Crippen LogP contribution in [-0.2, 0) is 6.54 Å². The monoisotopic (exact) mass is 247 g/mol. The molecule has 0 amide bonds. The number of para-hydroxylation sites is 1. The average Bonchev–Trinajstić information content (AvgIpc) is 2.80. The standard InChI is InChI=1S/C15H21NO2/c1-2-12(7-8-17)10-16-11-14-9-13-5-3-4-6-15(13)18-14/h3-6,9,12,16-17H,2,7-8,10-11H2,1H3. The van der Waals surface area contributed by atoms with Crippen molar-refractivity contribution in [2.75, 3.05) is 13.2 Å². The summed E-state index contributed by atoms with van der Waals surface area (Å²) in [5.41, 5.74) is 0.941. The highest BCUT2D eigenvalue weighted by atomic mass is 16.3. The van der Waals surface area contributed by atoms with Gasteiger partial charge >= 0.3 is 0 Å². The minimum atomic E-state index is 0.269. The molecule has 0 spiro atoms. The van der Waals surface area contributed by atoms with Gasteiger partial charge in [-0.1, -0.05) is 31.5 Å². The average molecular weight is 247 g/mol. The zero-order chi connectivity index (χ0) is 12.8. The van der Waals surface area contributed by atoms with Gasteiger partial charge in [-0.25, -0.2) is 0 Å². The fraction of sp³-hybridized carbons (Fsp3) is 0.467. The van der Waals surface area contributed by atoms with Crippen LogP contribution in [0.2, 0.25) is 0 Å². The van der Waals surface area contributed by atoms with Gasteiger partial charge in [0.05, 0.1) is 6.54 Å². The van der Waals surface area contributed by atoms with E-state index in [-0.39, 0.29) is 6.61 Å². The van der Waals surface area contributed by atoms with Crippen molar-refractivity contribution in [2.45, 2.75) is 26.3 Å². The molecule has 3 heteroatoms. The van der Waals surface area contributed by atoms with E-state index >= 15 is 0 Å². The Morgan fingerprint density at radius 2 is 2.17 bits per heavy atom.